The molecule has 7 nitrogen and oxygen atoms in total. The topological polar surface area (TPSA) is 96.0 Å². The number of ether oxygens (including phenoxy) is 2. The van der Waals surface area contributed by atoms with Crippen molar-refractivity contribution in [1.82, 2.24) is 0 Å². The summed E-state index contributed by atoms with van der Waals surface area (Å²) < 4.78 is 148. The fourth-order valence-electron chi connectivity index (χ4n) is 3.62. The van der Waals surface area contributed by atoms with Gasteiger partial charge < -0.3 is 13.7 Å². The van der Waals surface area contributed by atoms with Gasteiger partial charge in [-0.3, -0.25) is 0 Å². The Labute approximate surface area is 233 Å². The summed E-state index contributed by atoms with van der Waals surface area (Å²) in [6.07, 6.45) is -4.57. The lowest BCUT2D eigenvalue weighted by Crippen LogP contribution is -2.29. The van der Waals surface area contributed by atoms with Crippen LogP contribution in [0, 0.1) is 0 Å². The normalized spacial score (nSPS) is 14.2. The Morgan fingerprint density at radius 2 is 1.24 bits per heavy atom. The molecular weight excluding hydrogens is 615 g/mol. The monoisotopic (exact) mass is 636 g/mol. The van der Waals surface area contributed by atoms with Crippen molar-refractivity contribution in [2.75, 3.05) is 14.2 Å². The van der Waals surface area contributed by atoms with E-state index < -0.39 is 62.4 Å². The van der Waals surface area contributed by atoms with E-state index in [4.69, 9.17) is 0 Å². The first kappa shape index (κ1) is 34.4. The minimum absolute atomic E-state index is 0.0833. The number of methoxy groups -OCH3 is 2. The van der Waals surface area contributed by atoms with E-state index in [1.807, 2.05) is 6.08 Å². The number of hydrogen-bond acceptors (Lipinski definition) is 7. The highest BCUT2D eigenvalue weighted by atomic mass is 32.2. The van der Waals surface area contributed by atoms with Crippen LogP contribution in [0.15, 0.2) is 42.5 Å². The first-order valence-corrected chi connectivity index (χ1v) is 12.9. The number of carbonyl (C=O) groups excluding carboxylic acids is 2. The van der Waals surface area contributed by atoms with Gasteiger partial charge in [-0.2, -0.15) is 47.9 Å². The number of alkyl halides is 9. The zero-order chi connectivity index (χ0) is 32.1. The highest BCUT2D eigenvalue weighted by Gasteiger charge is 2.50. The van der Waals surface area contributed by atoms with E-state index in [1.54, 1.807) is 0 Å². The first-order valence-electron chi connectivity index (χ1n) is 11.5. The quantitative estimate of drug-likeness (QED) is 0.149. The number of carbonyl (C=O) groups is 2. The van der Waals surface area contributed by atoms with Crippen LogP contribution in [-0.2, 0) is 31.9 Å². The van der Waals surface area contributed by atoms with Crippen LogP contribution in [0.2, 0.25) is 0 Å². The molecule has 232 valence electrons. The molecule has 3 rings (SSSR count). The Hall–Kier alpha value is -3.76. The second kappa shape index (κ2) is 13.0. The van der Waals surface area contributed by atoms with E-state index in [0.29, 0.717) is 18.1 Å². The summed E-state index contributed by atoms with van der Waals surface area (Å²) in [7, 11) is -4.27. The van der Waals surface area contributed by atoms with E-state index in [-0.39, 0.29) is 23.3 Å². The molecule has 0 N–H and O–H groups in total. The van der Waals surface area contributed by atoms with Gasteiger partial charge in [0.2, 0.25) is 0 Å². The molecule has 0 amide bonds. The van der Waals surface area contributed by atoms with E-state index in [0.717, 1.165) is 39.5 Å². The number of benzene rings is 2. The summed E-state index contributed by atoms with van der Waals surface area (Å²) in [6.45, 7) is 0. The minimum Gasteiger partial charge on any atom is -0.465 e. The Kier molecular flexibility index (Phi) is 10.7. The van der Waals surface area contributed by atoms with Gasteiger partial charge in [-0.25, -0.2) is 9.59 Å². The number of hydrogen-bond donors (Lipinski definition) is 0. The number of halogens is 9. The zero-order valence-corrected chi connectivity index (χ0v) is 22.4. The molecule has 2 aromatic carbocycles. The molecule has 0 heterocycles. The van der Waals surface area contributed by atoms with E-state index >= 15 is 0 Å². The maximum atomic E-state index is 13.2. The fraction of sp³-hybridized carbons (Fsp3) is 0.360. The van der Waals surface area contributed by atoms with Gasteiger partial charge in [0.1, 0.15) is 5.56 Å². The third-order valence-corrected chi connectivity index (χ3v) is 6.54. The van der Waals surface area contributed by atoms with Crippen molar-refractivity contribution in [1.29, 1.82) is 0 Å². The SMILES string of the molecule is COC(=O)c1ccc(C2=CCCCC2)c(C(F)(F)F)c1.COC(=O)c1ccc(OS(=O)(=O)C(F)(F)F)c(C(F)(F)F)c1. The van der Waals surface area contributed by atoms with Crippen LogP contribution in [0.1, 0.15) is 63.1 Å². The van der Waals surface area contributed by atoms with E-state index in [2.05, 4.69) is 13.7 Å². The van der Waals surface area contributed by atoms with E-state index in [1.165, 1.54) is 12.1 Å². The molecule has 1 aliphatic rings. The molecule has 0 radical (unpaired) electrons. The molecule has 1 aliphatic carbocycles. The molecule has 0 unspecified atom stereocenters. The van der Waals surface area contributed by atoms with Crippen molar-refractivity contribution < 1.29 is 71.2 Å². The maximum absolute atomic E-state index is 13.2. The summed E-state index contributed by atoms with van der Waals surface area (Å²) >= 11 is 0. The molecule has 17 heteroatoms. The summed E-state index contributed by atoms with van der Waals surface area (Å²) in [5.74, 6) is -3.58. The average Bonchev–Trinajstić information content (AvgIpc) is 2.91. The van der Waals surface area contributed by atoms with Crippen molar-refractivity contribution in [2.45, 2.75) is 43.5 Å². The Bertz CT molecular complexity index is 1440. The lowest BCUT2D eigenvalue weighted by molar-refractivity contribution is -0.139. The molecule has 0 bridgehead atoms. The summed E-state index contributed by atoms with van der Waals surface area (Å²) in [6, 6.07) is 4.64. The van der Waals surface area contributed by atoms with Gasteiger partial charge in [0.25, 0.3) is 0 Å². The van der Waals surface area contributed by atoms with Crippen LogP contribution in [-0.4, -0.2) is 40.1 Å². The molecule has 0 aromatic heterocycles. The largest absolute Gasteiger partial charge is 0.534 e. The van der Waals surface area contributed by atoms with Gasteiger partial charge >= 0.3 is 39.9 Å². The van der Waals surface area contributed by atoms with Crippen LogP contribution in [0.25, 0.3) is 5.57 Å². The predicted molar refractivity (Wildman–Crippen MR) is 128 cm³/mol. The molecule has 42 heavy (non-hydrogen) atoms. The summed E-state index contributed by atoms with van der Waals surface area (Å²) in [5, 5.41) is 0. The van der Waals surface area contributed by atoms with Crippen molar-refractivity contribution in [3.05, 3.63) is 70.3 Å². The predicted octanol–water partition coefficient (Wildman–Crippen LogP) is 7.17. The Morgan fingerprint density at radius 3 is 1.67 bits per heavy atom. The van der Waals surface area contributed by atoms with Crippen LogP contribution >= 0.6 is 0 Å². The van der Waals surface area contributed by atoms with Crippen LogP contribution < -0.4 is 4.18 Å². The van der Waals surface area contributed by atoms with Gasteiger partial charge in [0, 0.05) is 0 Å². The number of esters is 2. The first-order chi connectivity index (χ1) is 19.2. The average molecular weight is 636 g/mol. The summed E-state index contributed by atoms with van der Waals surface area (Å²) in [5.41, 5.74) is -8.40. The lowest BCUT2D eigenvalue weighted by Gasteiger charge is -2.19. The third-order valence-electron chi connectivity index (χ3n) is 5.57. The molecule has 0 atom stereocenters. The second-order valence-corrected chi connectivity index (χ2v) is 9.95. The number of rotatable bonds is 5. The van der Waals surface area contributed by atoms with Gasteiger partial charge in [-0.15, -0.1) is 0 Å². The van der Waals surface area contributed by atoms with Gasteiger partial charge in [0.15, 0.2) is 5.75 Å². The van der Waals surface area contributed by atoms with E-state index in [9.17, 15) is 57.5 Å². The fourth-order valence-corrected chi connectivity index (χ4v) is 4.10. The smallest absolute Gasteiger partial charge is 0.465 e. The van der Waals surface area contributed by atoms with Crippen molar-refractivity contribution in [2.24, 2.45) is 0 Å². The van der Waals surface area contributed by atoms with Crippen molar-refractivity contribution in [3.63, 3.8) is 0 Å². The van der Waals surface area contributed by atoms with Crippen molar-refractivity contribution in [3.8, 4) is 5.75 Å². The maximum Gasteiger partial charge on any atom is 0.534 e. The molecule has 0 spiro atoms. The highest BCUT2D eigenvalue weighted by Crippen LogP contribution is 2.40. The molecule has 2 aromatic rings. The van der Waals surface area contributed by atoms with Crippen LogP contribution in [0.4, 0.5) is 39.5 Å². The van der Waals surface area contributed by atoms with Crippen LogP contribution in [0.3, 0.4) is 0 Å². The molecular formula is C25H21F9O7S. The molecule has 0 fully saturated rings. The molecule has 0 saturated heterocycles. The Balaban J connectivity index is 0.000000294. The minimum atomic E-state index is -6.29. The highest BCUT2D eigenvalue weighted by molar-refractivity contribution is 7.88. The van der Waals surface area contributed by atoms with Gasteiger partial charge in [-0.1, -0.05) is 12.1 Å². The Morgan fingerprint density at radius 1 is 0.738 bits per heavy atom. The van der Waals surface area contributed by atoms with Gasteiger partial charge in [0.05, 0.1) is 30.9 Å². The van der Waals surface area contributed by atoms with Crippen molar-refractivity contribution >= 4 is 27.6 Å². The zero-order valence-electron chi connectivity index (χ0n) is 21.5. The lowest BCUT2D eigenvalue weighted by atomic mass is 9.89. The van der Waals surface area contributed by atoms with Gasteiger partial charge in [-0.05, 0) is 67.2 Å². The standard InChI is InChI=1S/C15H15F3O2.C10H6F6O5S/c1-20-14(19)11-7-8-12(10-5-3-2-4-6-10)13(9-11)15(16,17)18;1-20-8(17)5-2-3-7(6(4-5)9(11,12)13)21-22(18,19)10(14,15)16/h5,7-9H,2-4,6H2,1H3;2-4H,1H3. The molecule has 0 aliphatic heterocycles. The second-order valence-electron chi connectivity index (χ2n) is 8.41. The number of allylic oxidation sites excluding steroid dienone is 2. The van der Waals surface area contributed by atoms with Crippen LogP contribution in [0.5, 0.6) is 5.75 Å². The molecule has 0 saturated carbocycles. The summed E-state index contributed by atoms with van der Waals surface area (Å²) in [4.78, 5) is 22.5. The third kappa shape index (κ3) is 8.62.